The van der Waals surface area contributed by atoms with Crippen LogP contribution in [0.3, 0.4) is 0 Å². The van der Waals surface area contributed by atoms with Crippen LogP contribution in [0.1, 0.15) is 45.2 Å². The first-order valence-electron chi connectivity index (χ1n) is 12.1. The zero-order valence-electron chi connectivity index (χ0n) is 20.5. The fourth-order valence-electron chi connectivity index (χ4n) is 4.32. The second-order valence-electron chi connectivity index (χ2n) is 8.84. The zero-order valence-corrected chi connectivity index (χ0v) is 21.3. The monoisotopic (exact) mass is 505 g/mol. The largest absolute Gasteiger partial charge is 0.376 e. The SMILES string of the molecule is Cc1cccc(N(C(=O)CNC(=O)c2cccs2)C(C(=O)NCC2CCCO2)c2ccccc2)c1C. The van der Waals surface area contributed by atoms with Crippen molar-refractivity contribution in [2.45, 2.75) is 38.8 Å². The normalized spacial score (nSPS) is 15.8. The highest BCUT2D eigenvalue weighted by Gasteiger charge is 2.34. The van der Waals surface area contributed by atoms with Gasteiger partial charge in [0.2, 0.25) is 11.8 Å². The van der Waals surface area contributed by atoms with Gasteiger partial charge in [0, 0.05) is 18.8 Å². The van der Waals surface area contributed by atoms with Crippen LogP contribution >= 0.6 is 11.3 Å². The summed E-state index contributed by atoms with van der Waals surface area (Å²) in [6.45, 7) is 4.73. The van der Waals surface area contributed by atoms with Crippen molar-refractivity contribution in [1.82, 2.24) is 10.6 Å². The standard InChI is InChI=1S/C28H31N3O4S/c1-19-9-6-13-23(20(19)2)31(25(32)18-30-27(33)24-14-8-16-36-24)26(21-10-4-3-5-11-21)28(34)29-17-22-12-7-15-35-22/h3-6,8-11,13-14,16,22,26H,7,12,15,17-18H2,1-2H3,(H,29,34)(H,30,33). The Bertz CT molecular complexity index is 1190. The van der Waals surface area contributed by atoms with Crippen LogP contribution in [-0.4, -0.2) is 43.5 Å². The number of nitrogens with one attached hydrogen (secondary N) is 2. The van der Waals surface area contributed by atoms with Crippen LogP contribution < -0.4 is 15.5 Å². The number of anilines is 1. The summed E-state index contributed by atoms with van der Waals surface area (Å²) in [6, 6.07) is 17.5. The number of thiophene rings is 1. The van der Waals surface area contributed by atoms with E-state index in [1.165, 1.54) is 16.2 Å². The summed E-state index contributed by atoms with van der Waals surface area (Å²) in [5, 5.41) is 7.53. The van der Waals surface area contributed by atoms with Crippen LogP contribution in [0, 0.1) is 13.8 Å². The molecule has 1 aliphatic heterocycles. The lowest BCUT2D eigenvalue weighted by Crippen LogP contribution is -2.48. The predicted molar refractivity (Wildman–Crippen MR) is 141 cm³/mol. The minimum absolute atomic E-state index is 0.0275. The first-order valence-corrected chi connectivity index (χ1v) is 13.0. The van der Waals surface area contributed by atoms with Crippen LogP contribution in [0.15, 0.2) is 66.0 Å². The molecule has 0 aliphatic carbocycles. The van der Waals surface area contributed by atoms with Crippen LogP contribution in [0.4, 0.5) is 5.69 Å². The number of nitrogens with zero attached hydrogens (tertiary/aromatic N) is 1. The van der Waals surface area contributed by atoms with Gasteiger partial charge < -0.3 is 15.4 Å². The number of carbonyl (C=O) groups excluding carboxylic acids is 3. The molecule has 1 aromatic heterocycles. The fraction of sp³-hybridized carbons (Fsp3) is 0.321. The van der Waals surface area contributed by atoms with Crippen molar-refractivity contribution in [2.24, 2.45) is 0 Å². The number of ether oxygens (including phenoxy) is 1. The molecule has 3 amide bonds. The van der Waals surface area contributed by atoms with Crippen molar-refractivity contribution in [2.75, 3.05) is 24.6 Å². The number of aryl methyl sites for hydroxylation is 1. The molecule has 1 fully saturated rings. The van der Waals surface area contributed by atoms with Crippen molar-refractivity contribution in [3.63, 3.8) is 0 Å². The lowest BCUT2D eigenvalue weighted by Gasteiger charge is -2.33. The lowest BCUT2D eigenvalue weighted by molar-refractivity contribution is -0.126. The van der Waals surface area contributed by atoms with Gasteiger partial charge in [-0.05, 0) is 60.9 Å². The molecular weight excluding hydrogens is 474 g/mol. The molecule has 2 N–H and O–H groups in total. The van der Waals surface area contributed by atoms with Crippen LogP contribution in [0.2, 0.25) is 0 Å². The average molecular weight is 506 g/mol. The maximum atomic E-state index is 13.8. The Morgan fingerprint density at radius 3 is 2.53 bits per heavy atom. The van der Waals surface area contributed by atoms with E-state index in [4.69, 9.17) is 4.74 Å². The second-order valence-corrected chi connectivity index (χ2v) is 9.78. The van der Waals surface area contributed by atoms with Gasteiger partial charge in [0.15, 0.2) is 0 Å². The Labute approximate surface area is 215 Å². The number of hydrogen-bond acceptors (Lipinski definition) is 5. The van der Waals surface area contributed by atoms with E-state index < -0.39 is 6.04 Å². The maximum absolute atomic E-state index is 13.8. The summed E-state index contributed by atoms with van der Waals surface area (Å²) >= 11 is 1.31. The molecule has 0 spiro atoms. The van der Waals surface area contributed by atoms with E-state index in [1.54, 1.807) is 12.1 Å². The van der Waals surface area contributed by atoms with Gasteiger partial charge in [-0.2, -0.15) is 0 Å². The first kappa shape index (κ1) is 25.6. The van der Waals surface area contributed by atoms with Crippen LogP contribution in [-0.2, 0) is 14.3 Å². The van der Waals surface area contributed by atoms with Crippen molar-refractivity contribution in [3.05, 3.63) is 87.6 Å². The Balaban J connectivity index is 1.67. The van der Waals surface area contributed by atoms with E-state index >= 15 is 0 Å². The molecule has 0 bridgehead atoms. The van der Waals surface area contributed by atoms with Crippen molar-refractivity contribution in [3.8, 4) is 0 Å². The molecule has 188 valence electrons. The summed E-state index contributed by atoms with van der Waals surface area (Å²) in [5.74, 6) is -0.997. The second kappa shape index (κ2) is 12.0. The molecule has 36 heavy (non-hydrogen) atoms. The van der Waals surface area contributed by atoms with E-state index in [9.17, 15) is 14.4 Å². The molecule has 8 heteroatoms. The van der Waals surface area contributed by atoms with E-state index in [0.717, 1.165) is 24.0 Å². The third-order valence-electron chi connectivity index (χ3n) is 6.40. The van der Waals surface area contributed by atoms with Crippen molar-refractivity contribution >= 4 is 34.7 Å². The highest BCUT2D eigenvalue weighted by molar-refractivity contribution is 7.12. The molecule has 2 unspecified atom stereocenters. The van der Waals surface area contributed by atoms with Crippen molar-refractivity contribution < 1.29 is 19.1 Å². The highest BCUT2D eigenvalue weighted by Crippen LogP contribution is 2.32. The third-order valence-corrected chi connectivity index (χ3v) is 7.27. The van der Waals surface area contributed by atoms with Gasteiger partial charge in [-0.1, -0.05) is 48.5 Å². The minimum Gasteiger partial charge on any atom is -0.376 e. The van der Waals surface area contributed by atoms with Gasteiger partial charge in [0.05, 0.1) is 17.5 Å². The number of rotatable bonds is 9. The van der Waals surface area contributed by atoms with Gasteiger partial charge >= 0.3 is 0 Å². The van der Waals surface area contributed by atoms with E-state index in [1.807, 2.05) is 67.8 Å². The molecule has 2 aromatic carbocycles. The Morgan fingerprint density at radius 1 is 1.03 bits per heavy atom. The number of amides is 3. The van der Waals surface area contributed by atoms with E-state index in [2.05, 4.69) is 10.6 Å². The number of hydrogen-bond donors (Lipinski definition) is 2. The van der Waals surface area contributed by atoms with Crippen molar-refractivity contribution in [1.29, 1.82) is 0 Å². The maximum Gasteiger partial charge on any atom is 0.261 e. The fourth-order valence-corrected chi connectivity index (χ4v) is 4.96. The lowest BCUT2D eigenvalue weighted by atomic mass is 10.00. The molecule has 7 nitrogen and oxygen atoms in total. The predicted octanol–water partition coefficient (Wildman–Crippen LogP) is 4.16. The smallest absolute Gasteiger partial charge is 0.261 e. The summed E-state index contributed by atoms with van der Waals surface area (Å²) in [4.78, 5) is 42.0. The van der Waals surface area contributed by atoms with Gasteiger partial charge in [-0.15, -0.1) is 11.3 Å². The van der Waals surface area contributed by atoms with E-state index in [-0.39, 0.29) is 30.4 Å². The quantitative estimate of drug-likeness (QED) is 0.457. The van der Waals surface area contributed by atoms with Gasteiger partial charge in [0.1, 0.15) is 6.04 Å². The minimum atomic E-state index is -0.917. The van der Waals surface area contributed by atoms with Crippen LogP contribution in [0.25, 0.3) is 0 Å². The molecule has 0 saturated carbocycles. The summed E-state index contributed by atoms with van der Waals surface area (Å²) in [7, 11) is 0. The van der Waals surface area contributed by atoms with E-state index in [0.29, 0.717) is 29.3 Å². The average Bonchev–Trinajstić information content (AvgIpc) is 3.61. The summed E-state index contributed by atoms with van der Waals surface area (Å²) in [5.41, 5.74) is 3.20. The molecule has 1 saturated heterocycles. The molecular formula is C28H31N3O4S. The van der Waals surface area contributed by atoms with Gasteiger partial charge in [-0.25, -0.2) is 0 Å². The van der Waals surface area contributed by atoms with Crippen LogP contribution in [0.5, 0.6) is 0 Å². The Hall–Kier alpha value is -3.49. The zero-order chi connectivity index (χ0) is 25.5. The van der Waals surface area contributed by atoms with Gasteiger partial charge in [0.25, 0.3) is 5.91 Å². The summed E-state index contributed by atoms with van der Waals surface area (Å²) in [6.07, 6.45) is 1.84. The molecule has 2 atom stereocenters. The highest BCUT2D eigenvalue weighted by atomic mass is 32.1. The third kappa shape index (κ3) is 6.01. The molecule has 0 radical (unpaired) electrons. The molecule has 2 heterocycles. The number of benzene rings is 2. The topological polar surface area (TPSA) is 87.7 Å². The Morgan fingerprint density at radius 2 is 1.83 bits per heavy atom. The Kier molecular flexibility index (Phi) is 8.51. The summed E-state index contributed by atoms with van der Waals surface area (Å²) < 4.78 is 5.67. The molecule has 1 aliphatic rings. The number of carbonyl (C=O) groups is 3. The first-order chi connectivity index (χ1) is 17.5. The molecule has 3 aromatic rings. The molecule has 4 rings (SSSR count). The van der Waals surface area contributed by atoms with Gasteiger partial charge in [-0.3, -0.25) is 19.3 Å².